The molecule has 2 atom stereocenters. The van der Waals surface area contributed by atoms with E-state index in [0.29, 0.717) is 5.92 Å². The maximum atomic E-state index is 6.31. The van der Waals surface area contributed by atoms with E-state index in [1.54, 1.807) is 0 Å². The number of nitrogens with zero attached hydrogens (tertiary/aromatic N) is 2. The topological polar surface area (TPSA) is 21.3 Å². The third-order valence-electron chi connectivity index (χ3n) is 13.1. The molecule has 2 unspecified atom stereocenters. The van der Waals surface area contributed by atoms with Gasteiger partial charge in [-0.25, -0.2) is 0 Å². The van der Waals surface area contributed by atoms with E-state index < -0.39 is 0 Å². The minimum atomic E-state index is -0.163. The first-order chi connectivity index (χ1) is 30.6. The van der Waals surface area contributed by atoms with Crippen LogP contribution in [0.15, 0.2) is 235 Å². The van der Waals surface area contributed by atoms with Crippen molar-refractivity contribution in [3.63, 3.8) is 0 Å². The molecule has 0 amide bonds. The van der Waals surface area contributed by atoms with Gasteiger partial charge in [-0.3, -0.25) is 0 Å². The number of benzene rings is 8. The maximum Gasteiger partial charge on any atom is 0.136 e. The van der Waals surface area contributed by atoms with Crippen molar-refractivity contribution in [1.29, 1.82) is 0 Å². The second-order valence-electron chi connectivity index (χ2n) is 16.7. The van der Waals surface area contributed by atoms with Gasteiger partial charge in [-0.1, -0.05) is 171 Å². The highest BCUT2D eigenvalue weighted by atomic mass is 16.3. The molecule has 2 aliphatic carbocycles. The molecule has 10 aromatic rings. The van der Waals surface area contributed by atoms with Gasteiger partial charge in [0.05, 0.1) is 16.7 Å². The molecule has 0 aliphatic heterocycles. The van der Waals surface area contributed by atoms with E-state index in [1.807, 2.05) is 12.1 Å². The van der Waals surface area contributed by atoms with Gasteiger partial charge in [-0.2, -0.15) is 0 Å². The van der Waals surface area contributed by atoms with Crippen LogP contribution in [0.4, 0.5) is 17.1 Å². The summed E-state index contributed by atoms with van der Waals surface area (Å²) in [6, 6.07) is 68.1. The molecule has 0 bridgehead atoms. The van der Waals surface area contributed by atoms with E-state index in [9.17, 15) is 0 Å². The number of furan rings is 1. The third kappa shape index (κ3) is 5.73. The number of hydrogen-bond donors (Lipinski definition) is 0. The number of aromatic nitrogens is 1. The van der Waals surface area contributed by atoms with Gasteiger partial charge in [0, 0.05) is 55.5 Å². The molecule has 3 heteroatoms. The molecule has 2 aliphatic rings. The Morgan fingerprint density at radius 2 is 1.11 bits per heavy atom. The van der Waals surface area contributed by atoms with Crippen molar-refractivity contribution >= 4 is 66.4 Å². The molecule has 2 heterocycles. The molecule has 8 aromatic carbocycles. The first-order valence-electron chi connectivity index (χ1n) is 21.5. The van der Waals surface area contributed by atoms with Gasteiger partial charge < -0.3 is 13.9 Å². The van der Waals surface area contributed by atoms with Crippen LogP contribution in [0.1, 0.15) is 12.5 Å². The van der Waals surface area contributed by atoms with Gasteiger partial charge in [0.1, 0.15) is 11.2 Å². The molecule has 3 nitrogen and oxygen atoms in total. The van der Waals surface area contributed by atoms with Crippen molar-refractivity contribution in [2.75, 3.05) is 4.90 Å². The maximum absolute atomic E-state index is 6.31. The van der Waals surface area contributed by atoms with Crippen molar-refractivity contribution in [1.82, 2.24) is 4.57 Å². The Labute approximate surface area is 361 Å². The molecular formula is C59H42N2O. The minimum absolute atomic E-state index is 0.163. The second kappa shape index (κ2) is 14.4. The zero-order chi connectivity index (χ0) is 41.2. The van der Waals surface area contributed by atoms with Crippen molar-refractivity contribution in [3.8, 4) is 27.9 Å². The summed E-state index contributed by atoms with van der Waals surface area (Å²) in [5.41, 5.74) is 15.5. The molecule has 0 fully saturated rings. The van der Waals surface area contributed by atoms with Crippen molar-refractivity contribution < 1.29 is 4.42 Å². The summed E-state index contributed by atoms with van der Waals surface area (Å²) in [6.07, 6.45) is 15.9. The van der Waals surface area contributed by atoms with Gasteiger partial charge in [0.15, 0.2) is 0 Å². The van der Waals surface area contributed by atoms with Crippen LogP contribution in [0, 0.1) is 11.3 Å². The number of hydrogen-bond acceptors (Lipinski definition) is 2. The Morgan fingerprint density at radius 3 is 1.87 bits per heavy atom. The number of anilines is 3. The highest BCUT2D eigenvalue weighted by molar-refractivity contribution is 6.12. The van der Waals surface area contributed by atoms with Crippen LogP contribution in [0.2, 0.25) is 0 Å². The van der Waals surface area contributed by atoms with Crippen LogP contribution in [-0.2, 0) is 0 Å². The molecule has 0 saturated carbocycles. The summed E-state index contributed by atoms with van der Waals surface area (Å²) in [4.78, 5) is 2.44. The van der Waals surface area contributed by atoms with Crippen molar-refractivity contribution in [2.45, 2.75) is 6.92 Å². The average molecular weight is 795 g/mol. The molecule has 0 spiro atoms. The summed E-state index contributed by atoms with van der Waals surface area (Å²) in [5.74, 6) is 0.290. The van der Waals surface area contributed by atoms with E-state index in [4.69, 9.17) is 4.42 Å². The lowest BCUT2D eigenvalue weighted by Gasteiger charge is -2.39. The number of allylic oxidation sites excluding steroid dienone is 8. The van der Waals surface area contributed by atoms with E-state index in [1.165, 1.54) is 32.9 Å². The third-order valence-corrected chi connectivity index (χ3v) is 13.1. The summed E-state index contributed by atoms with van der Waals surface area (Å²) < 4.78 is 8.69. The lowest BCUT2D eigenvalue weighted by Crippen LogP contribution is -2.27. The molecular weight excluding hydrogens is 753 g/mol. The zero-order valence-electron chi connectivity index (χ0n) is 34.3. The quantitative estimate of drug-likeness (QED) is 0.160. The average Bonchev–Trinajstić information content (AvgIpc) is 3.88. The second-order valence-corrected chi connectivity index (χ2v) is 16.7. The van der Waals surface area contributed by atoms with Crippen LogP contribution in [0.5, 0.6) is 0 Å². The standard InChI is InChI=1S/C59H42N2O/c1-59-38-12-11-17-43(59)18-13-23-52(59)42-30-37-47(40-15-3-2-4-16-40)55(39-42)60(44-31-28-41(29-32-44)48-22-14-27-57-58(48)51-21-7-10-26-56(51)62-57)45-33-35-46(36-34-45)61-53-24-8-5-19-49(53)50-20-6-9-25-54(50)61/h2-39,43H,1H3. The predicted octanol–water partition coefficient (Wildman–Crippen LogP) is 16.2. The van der Waals surface area contributed by atoms with Gasteiger partial charge in [0.2, 0.25) is 0 Å². The van der Waals surface area contributed by atoms with Crippen LogP contribution in [0.3, 0.4) is 0 Å². The van der Waals surface area contributed by atoms with E-state index in [0.717, 1.165) is 66.9 Å². The van der Waals surface area contributed by atoms with Crippen LogP contribution in [-0.4, -0.2) is 4.57 Å². The number of rotatable bonds is 7. The number of fused-ring (bicyclic) bond motifs is 7. The Balaban J connectivity index is 1.05. The largest absolute Gasteiger partial charge is 0.456 e. The smallest absolute Gasteiger partial charge is 0.136 e. The first kappa shape index (κ1) is 36.0. The lowest BCUT2D eigenvalue weighted by molar-refractivity contribution is 0.471. The predicted molar refractivity (Wildman–Crippen MR) is 261 cm³/mol. The van der Waals surface area contributed by atoms with Crippen LogP contribution in [0.25, 0.3) is 77.3 Å². The Hall–Kier alpha value is -7.88. The molecule has 0 saturated heterocycles. The zero-order valence-corrected chi connectivity index (χ0v) is 34.3. The summed E-state index contributed by atoms with van der Waals surface area (Å²) >= 11 is 0. The number of para-hydroxylation sites is 3. The summed E-state index contributed by atoms with van der Waals surface area (Å²) in [5, 5.41) is 4.77. The SMILES string of the molecule is CC12C=CC=CC1C=CC=C2c1ccc(-c2ccccc2)c(N(c2ccc(-c3cccc4oc5ccccc5c34)cc2)c2ccc(-n3c4ccccc4c4ccccc43)cc2)c1. The van der Waals surface area contributed by atoms with E-state index in [-0.39, 0.29) is 5.41 Å². The summed E-state index contributed by atoms with van der Waals surface area (Å²) in [6.45, 7) is 2.37. The fourth-order valence-corrected chi connectivity index (χ4v) is 10.1. The highest BCUT2D eigenvalue weighted by Crippen LogP contribution is 2.50. The first-order valence-corrected chi connectivity index (χ1v) is 21.5. The van der Waals surface area contributed by atoms with Gasteiger partial charge in [-0.05, 0) is 94.6 Å². The molecule has 12 rings (SSSR count). The fraction of sp³-hybridized carbons (Fsp3) is 0.0508. The highest BCUT2D eigenvalue weighted by Gasteiger charge is 2.36. The lowest BCUT2D eigenvalue weighted by atomic mass is 9.65. The van der Waals surface area contributed by atoms with Crippen molar-refractivity contribution in [3.05, 3.63) is 236 Å². The minimum Gasteiger partial charge on any atom is -0.456 e. The molecule has 62 heavy (non-hydrogen) atoms. The molecule has 294 valence electrons. The monoisotopic (exact) mass is 794 g/mol. The van der Waals surface area contributed by atoms with Gasteiger partial charge in [-0.15, -0.1) is 0 Å². The van der Waals surface area contributed by atoms with Gasteiger partial charge >= 0.3 is 0 Å². The fourth-order valence-electron chi connectivity index (χ4n) is 10.1. The molecule has 0 N–H and O–H groups in total. The summed E-state index contributed by atoms with van der Waals surface area (Å²) in [7, 11) is 0. The Kier molecular flexibility index (Phi) is 8.36. The van der Waals surface area contributed by atoms with Crippen LogP contribution < -0.4 is 4.90 Å². The Morgan fingerprint density at radius 1 is 0.500 bits per heavy atom. The molecule has 0 radical (unpaired) electrons. The normalized spacial score (nSPS) is 16.9. The van der Waals surface area contributed by atoms with E-state index in [2.05, 4.69) is 235 Å². The molecule has 2 aromatic heterocycles. The van der Waals surface area contributed by atoms with Crippen LogP contribution >= 0.6 is 0 Å². The van der Waals surface area contributed by atoms with E-state index >= 15 is 0 Å². The Bertz CT molecular complexity index is 3420. The van der Waals surface area contributed by atoms with Gasteiger partial charge in [0.25, 0.3) is 0 Å². The van der Waals surface area contributed by atoms with Crippen molar-refractivity contribution in [2.24, 2.45) is 11.3 Å².